The van der Waals surface area contributed by atoms with Gasteiger partial charge < -0.3 is 20.2 Å². The normalized spacial score (nSPS) is 19.3. The lowest BCUT2D eigenvalue weighted by molar-refractivity contribution is -0.612. The van der Waals surface area contributed by atoms with Crippen molar-refractivity contribution in [3.63, 3.8) is 0 Å². The molecule has 0 radical (unpaired) electrons. The Morgan fingerprint density at radius 2 is 2.03 bits per heavy atom. The Morgan fingerprint density at radius 1 is 1.26 bits per heavy atom. The zero-order valence-corrected chi connectivity index (χ0v) is 18.6. The molecule has 1 aliphatic heterocycles. The summed E-state index contributed by atoms with van der Waals surface area (Å²) >= 11 is 4.70. The van der Waals surface area contributed by atoms with Gasteiger partial charge in [-0.25, -0.2) is 0 Å². The highest BCUT2D eigenvalue weighted by Gasteiger charge is 2.32. The van der Waals surface area contributed by atoms with Crippen molar-refractivity contribution in [2.45, 2.75) is 30.7 Å². The molecule has 1 fully saturated rings. The second kappa shape index (κ2) is 9.16. The maximum atomic E-state index is 13.6. The molecule has 1 amide bonds. The van der Waals surface area contributed by atoms with E-state index < -0.39 is 0 Å². The fourth-order valence-corrected chi connectivity index (χ4v) is 4.60. The Balaban J connectivity index is 1.73. The molecule has 3 aromatic rings. The fourth-order valence-electron chi connectivity index (χ4n) is 4.27. The molecule has 1 aliphatic rings. The summed E-state index contributed by atoms with van der Waals surface area (Å²) < 4.78 is 5.62. The van der Waals surface area contributed by atoms with E-state index in [-0.39, 0.29) is 29.1 Å². The molecular formula is C24H27N3O3S. The van der Waals surface area contributed by atoms with Gasteiger partial charge in [-0.3, -0.25) is 4.79 Å². The van der Waals surface area contributed by atoms with Crippen LogP contribution in [0.5, 0.6) is 5.88 Å². The van der Waals surface area contributed by atoms with E-state index in [2.05, 4.69) is 29.6 Å². The van der Waals surface area contributed by atoms with Gasteiger partial charge in [-0.15, -0.1) is 4.73 Å². The summed E-state index contributed by atoms with van der Waals surface area (Å²) in [6, 6.07) is 17.4. The summed E-state index contributed by atoms with van der Waals surface area (Å²) in [5, 5.41) is 18.1. The highest BCUT2D eigenvalue weighted by molar-refractivity contribution is 7.81. The van der Waals surface area contributed by atoms with E-state index in [4.69, 9.17) is 17.4 Å². The van der Waals surface area contributed by atoms with Gasteiger partial charge in [-0.2, -0.15) is 12.6 Å². The molecule has 7 heteroatoms. The van der Waals surface area contributed by atoms with Gasteiger partial charge >= 0.3 is 5.88 Å². The lowest BCUT2D eigenvalue weighted by Crippen LogP contribution is -2.45. The largest absolute Gasteiger partial charge is 0.616 e. The minimum Gasteiger partial charge on any atom is -0.616 e. The van der Waals surface area contributed by atoms with Gasteiger partial charge in [0, 0.05) is 17.8 Å². The van der Waals surface area contributed by atoms with E-state index in [1.54, 1.807) is 6.07 Å². The van der Waals surface area contributed by atoms with Gasteiger partial charge in [0.2, 0.25) is 0 Å². The highest BCUT2D eigenvalue weighted by Crippen LogP contribution is 2.30. The predicted molar refractivity (Wildman–Crippen MR) is 125 cm³/mol. The number of carbonyl (C=O) groups excluding carboxylic acids is 1. The van der Waals surface area contributed by atoms with E-state index in [1.165, 1.54) is 19.4 Å². The van der Waals surface area contributed by atoms with Crippen LogP contribution in [0.3, 0.4) is 0 Å². The third kappa shape index (κ3) is 4.34. The van der Waals surface area contributed by atoms with Gasteiger partial charge in [-0.1, -0.05) is 42.5 Å². The third-order valence-corrected chi connectivity index (χ3v) is 6.66. The topological polar surface area (TPSA) is 68.5 Å². The van der Waals surface area contributed by atoms with Crippen molar-refractivity contribution in [2.75, 3.05) is 20.2 Å². The van der Waals surface area contributed by atoms with Crippen LogP contribution in [0.4, 0.5) is 0 Å². The molecule has 31 heavy (non-hydrogen) atoms. The molecule has 0 aliphatic carbocycles. The van der Waals surface area contributed by atoms with Gasteiger partial charge in [0.15, 0.2) is 6.20 Å². The second-order valence-corrected chi connectivity index (χ2v) is 8.57. The highest BCUT2D eigenvalue weighted by atomic mass is 32.1. The molecule has 162 valence electrons. The van der Waals surface area contributed by atoms with Crippen molar-refractivity contribution < 1.29 is 14.3 Å². The summed E-state index contributed by atoms with van der Waals surface area (Å²) in [4.78, 5) is 15.5. The third-order valence-electron chi connectivity index (χ3n) is 6.04. The number of nitrogens with one attached hydrogen (secondary N) is 1. The maximum absolute atomic E-state index is 13.6. The Bertz CT molecular complexity index is 1090. The van der Waals surface area contributed by atoms with Gasteiger partial charge in [0.25, 0.3) is 5.91 Å². The van der Waals surface area contributed by atoms with Crippen molar-refractivity contribution in [3.8, 4) is 5.88 Å². The number of benzene rings is 2. The van der Waals surface area contributed by atoms with Crippen LogP contribution in [-0.4, -0.2) is 42.3 Å². The minimum absolute atomic E-state index is 0.0855. The SMILES string of the molecule is COc1ccc(C(=O)N(CC2NCCC2S)C(C)c2cccc3ccccc23)c[n+]1[O-]. The zero-order chi connectivity index (χ0) is 22.0. The number of rotatable bonds is 6. The summed E-state index contributed by atoms with van der Waals surface area (Å²) in [5.41, 5.74) is 1.40. The Morgan fingerprint density at radius 3 is 2.74 bits per heavy atom. The first-order valence-corrected chi connectivity index (χ1v) is 11.0. The van der Waals surface area contributed by atoms with E-state index in [0.29, 0.717) is 16.8 Å². The first-order chi connectivity index (χ1) is 15.0. The number of amides is 1. The quantitative estimate of drug-likeness (QED) is 0.353. The number of hydrogen-bond acceptors (Lipinski definition) is 5. The second-order valence-electron chi connectivity index (χ2n) is 7.90. The van der Waals surface area contributed by atoms with Crippen LogP contribution in [-0.2, 0) is 0 Å². The Labute approximate surface area is 187 Å². The van der Waals surface area contributed by atoms with Crippen LogP contribution >= 0.6 is 12.6 Å². The standard InChI is InChI=1S/C24H27N3O3S/c1-16(19-9-5-7-17-6-3-4-8-20(17)19)26(15-21-22(31)12-13-25-21)24(28)18-10-11-23(30-2)27(29)14-18/h3-11,14,16,21-22,25,31H,12-13,15H2,1-2H3. The van der Waals surface area contributed by atoms with Crippen LogP contribution in [0.2, 0.25) is 0 Å². The number of pyridine rings is 1. The van der Waals surface area contributed by atoms with Crippen LogP contribution in [0, 0.1) is 5.21 Å². The zero-order valence-electron chi connectivity index (χ0n) is 17.7. The van der Waals surface area contributed by atoms with Crippen molar-refractivity contribution in [1.82, 2.24) is 10.2 Å². The molecule has 0 saturated carbocycles. The number of carbonyl (C=O) groups is 1. The van der Waals surface area contributed by atoms with E-state index in [9.17, 15) is 10.0 Å². The van der Waals surface area contributed by atoms with Crippen LogP contribution < -0.4 is 14.8 Å². The molecule has 1 saturated heterocycles. The first-order valence-electron chi connectivity index (χ1n) is 10.5. The molecule has 1 aromatic heterocycles. The van der Waals surface area contributed by atoms with Crippen molar-refractivity contribution in [2.24, 2.45) is 0 Å². The molecule has 0 spiro atoms. The lowest BCUT2D eigenvalue weighted by Gasteiger charge is -2.33. The number of fused-ring (bicyclic) bond motifs is 1. The number of thiol groups is 1. The number of aromatic nitrogens is 1. The molecule has 2 heterocycles. The predicted octanol–water partition coefficient (Wildman–Crippen LogP) is 3.35. The molecule has 2 aromatic carbocycles. The summed E-state index contributed by atoms with van der Waals surface area (Å²) in [7, 11) is 1.43. The minimum atomic E-state index is -0.193. The van der Waals surface area contributed by atoms with Crippen LogP contribution in [0.1, 0.15) is 35.3 Å². The molecule has 6 nitrogen and oxygen atoms in total. The Hall–Kier alpha value is -2.77. The summed E-state index contributed by atoms with van der Waals surface area (Å²) in [6.07, 6.45) is 2.24. The van der Waals surface area contributed by atoms with Crippen molar-refractivity contribution in [1.29, 1.82) is 0 Å². The molecule has 3 atom stereocenters. The number of ether oxygens (including phenoxy) is 1. The monoisotopic (exact) mass is 437 g/mol. The lowest BCUT2D eigenvalue weighted by atomic mass is 9.97. The van der Waals surface area contributed by atoms with Gasteiger partial charge in [0.1, 0.15) is 5.56 Å². The smallest absolute Gasteiger partial charge is 0.379 e. The molecule has 0 bridgehead atoms. The molecule has 4 rings (SSSR count). The number of methoxy groups -OCH3 is 1. The molecular weight excluding hydrogens is 410 g/mol. The van der Waals surface area contributed by atoms with E-state index in [1.807, 2.05) is 30.0 Å². The fraction of sp³-hybridized carbons (Fsp3) is 0.333. The van der Waals surface area contributed by atoms with Crippen LogP contribution in [0.25, 0.3) is 10.8 Å². The first kappa shape index (κ1) is 21.5. The van der Waals surface area contributed by atoms with E-state index in [0.717, 1.165) is 29.3 Å². The van der Waals surface area contributed by atoms with Crippen molar-refractivity contribution >= 4 is 29.3 Å². The van der Waals surface area contributed by atoms with Crippen molar-refractivity contribution in [3.05, 3.63) is 77.1 Å². The molecule has 3 unspecified atom stereocenters. The summed E-state index contributed by atoms with van der Waals surface area (Å²) in [5.74, 6) is -0.0417. The summed E-state index contributed by atoms with van der Waals surface area (Å²) in [6.45, 7) is 3.42. The maximum Gasteiger partial charge on any atom is 0.379 e. The average Bonchev–Trinajstić information content (AvgIpc) is 3.20. The Kier molecular flexibility index (Phi) is 6.34. The van der Waals surface area contributed by atoms with Gasteiger partial charge in [-0.05, 0) is 42.3 Å². The average molecular weight is 438 g/mol. The number of nitrogens with zero attached hydrogens (tertiary/aromatic N) is 2. The van der Waals surface area contributed by atoms with Crippen LogP contribution in [0.15, 0.2) is 60.8 Å². The number of hydrogen-bond donors (Lipinski definition) is 2. The van der Waals surface area contributed by atoms with E-state index >= 15 is 0 Å². The van der Waals surface area contributed by atoms with Gasteiger partial charge in [0.05, 0.1) is 19.2 Å². The molecule has 1 N–H and O–H groups in total.